The molecule has 0 spiro atoms. The van der Waals surface area contributed by atoms with Crippen LogP contribution in [0, 0.1) is 11.6 Å². The maximum Gasteiger partial charge on any atom is 0.387 e. The molecule has 0 amide bonds. The van der Waals surface area contributed by atoms with E-state index >= 15 is 0 Å². The lowest BCUT2D eigenvalue weighted by atomic mass is 10.3. The second-order valence-electron chi connectivity index (χ2n) is 7.26. The van der Waals surface area contributed by atoms with Crippen LogP contribution in [0.25, 0.3) is 5.65 Å². The Bertz CT molecular complexity index is 1290. The second kappa shape index (κ2) is 7.98. The Morgan fingerprint density at radius 2 is 1.78 bits per heavy atom. The number of nitrogens with zero attached hydrogens (tertiary/aromatic N) is 4. The standard InChI is InChI=1S/C21H16F4N6O/c22-12-3-6-18-30-19(11-1-2-11)20(31(18)9-12)29-17-8-16(26-10-27-17)28-13-4-5-15(14(23)7-13)32-21(24)25/h3-11,21H,1-2H2,(H2,26,27,28,29). The normalized spacial score (nSPS) is 13.5. The van der Waals surface area contributed by atoms with Gasteiger partial charge in [-0.2, -0.15) is 8.78 Å². The lowest BCUT2D eigenvalue weighted by molar-refractivity contribution is -0.0521. The molecule has 3 heterocycles. The first-order valence-electron chi connectivity index (χ1n) is 9.74. The van der Waals surface area contributed by atoms with Gasteiger partial charge in [0.25, 0.3) is 0 Å². The first kappa shape index (κ1) is 20.0. The van der Waals surface area contributed by atoms with E-state index in [-0.39, 0.29) is 5.69 Å². The van der Waals surface area contributed by atoms with Crippen LogP contribution in [0.5, 0.6) is 5.75 Å². The largest absolute Gasteiger partial charge is 0.432 e. The van der Waals surface area contributed by atoms with E-state index in [2.05, 4.69) is 30.3 Å². The zero-order valence-electron chi connectivity index (χ0n) is 16.4. The quantitative estimate of drug-likeness (QED) is 0.374. The molecule has 0 bridgehead atoms. The number of aromatic nitrogens is 4. The van der Waals surface area contributed by atoms with Gasteiger partial charge in [-0.3, -0.25) is 4.40 Å². The van der Waals surface area contributed by atoms with Crippen LogP contribution in [0.3, 0.4) is 0 Å². The number of rotatable bonds is 7. The summed E-state index contributed by atoms with van der Waals surface area (Å²) < 4.78 is 58.1. The van der Waals surface area contributed by atoms with E-state index in [4.69, 9.17) is 0 Å². The van der Waals surface area contributed by atoms with E-state index in [0.717, 1.165) is 30.7 Å². The molecule has 4 aromatic rings. The van der Waals surface area contributed by atoms with E-state index in [1.807, 2.05) is 0 Å². The van der Waals surface area contributed by atoms with Gasteiger partial charge in [-0.05, 0) is 37.1 Å². The highest BCUT2D eigenvalue weighted by Crippen LogP contribution is 2.43. The van der Waals surface area contributed by atoms with Crippen LogP contribution < -0.4 is 15.4 Å². The van der Waals surface area contributed by atoms with Crippen LogP contribution in [0.2, 0.25) is 0 Å². The number of alkyl halides is 2. The summed E-state index contributed by atoms with van der Waals surface area (Å²) in [5.74, 6) is -0.228. The number of halogens is 4. The van der Waals surface area contributed by atoms with Gasteiger partial charge in [0, 0.05) is 29.9 Å². The Labute approximate surface area is 179 Å². The Balaban J connectivity index is 1.40. The fourth-order valence-corrected chi connectivity index (χ4v) is 3.34. The topological polar surface area (TPSA) is 76.4 Å². The van der Waals surface area contributed by atoms with Gasteiger partial charge < -0.3 is 15.4 Å². The van der Waals surface area contributed by atoms with Crippen molar-refractivity contribution in [3.8, 4) is 5.75 Å². The fraction of sp³-hybridized carbons (Fsp3) is 0.190. The smallest absolute Gasteiger partial charge is 0.387 e. The van der Waals surface area contributed by atoms with Crippen molar-refractivity contribution in [2.75, 3.05) is 10.6 Å². The Hall–Kier alpha value is -3.89. The van der Waals surface area contributed by atoms with Crippen LogP contribution in [-0.2, 0) is 0 Å². The highest BCUT2D eigenvalue weighted by molar-refractivity contribution is 5.66. The van der Waals surface area contributed by atoms with Crippen LogP contribution in [0.15, 0.2) is 48.9 Å². The molecule has 2 N–H and O–H groups in total. The number of benzene rings is 1. The van der Waals surface area contributed by atoms with Crippen LogP contribution in [-0.4, -0.2) is 26.0 Å². The minimum atomic E-state index is -3.12. The number of fused-ring (bicyclic) bond motifs is 1. The molecule has 0 atom stereocenters. The summed E-state index contributed by atoms with van der Waals surface area (Å²) in [6, 6.07) is 8.04. The van der Waals surface area contributed by atoms with Crippen molar-refractivity contribution in [3.63, 3.8) is 0 Å². The van der Waals surface area contributed by atoms with Gasteiger partial charge in [-0.15, -0.1) is 0 Å². The van der Waals surface area contributed by atoms with E-state index in [0.29, 0.717) is 29.0 Å². The van der Waals surface area contributed by atoms with E-state index < -0.39 is 24.0 Å². The predicted octanol–water partition coefficient (Wildman–Crippen LogP) is 5.37. The molecule has 1 fully saturated rings. The van der Waals surface area contributed by atoms with Gasteiger partial charge >= 0.3 is 6.61 Å². The number of hydrogen-bond donors (Lipinski definition) is 2. The molecule has 0 radical (unpaired) electrons. The van der Waals surface area contributed by atoms with Gasteiger partial charge in [0.1, 0.15) is 35.2 Å². The van der Waals surface area contributed by atoms with E-state index in [1.165, 1.54) is 24.7 Å². The molecule has 1 saturated carbocycles. The van der Waals surface area contributed by atoms with Crippen molar-refractivity contribution in [1.29, 1.82) is 0 Å². The van der Waals surface area contributed by atoms with Crippen molar-refractivity contribution >= 4 is 28.8 Å². The fourth-order valence-electron chi connectivity index (χ4n) is 3.34. The predicted molar refractivity (Wildman–Crippen MR) is 109 cm³/mol. The summed E-state index contributed by atoms with van der Waals surface area (Å²) in [5.41, 5.74) is 1.73. The summed E-state index contributed by atoms with van der Waals surface area (Å²) in [6.07, 6.45) is 4.67. The zero-order valence-corrected chi connectivity index (χ0v) is 16.4. The Morgan fingerprint density at radius 1 is 1.00 bits per heavy atom. The minimum Gasteiger partial charge on any atom is -0.432 e. The number of pyridine rings is 1. The van der Waals surface area contributed by atoms with Crippen LogP contribution >= 0.6 is 0 Å². The number of imidazole rings is 1. The SMILES string of the molecule is Fc1ccc2nc(C3CC3)c(Nc3cc(Nc4ccc(OC(F)F)c(F)c4)ncn3)n2c1. The van der Waals surface area contributed by atoms with E-state index in [1.54, 1.807) is 16.5 Å². The van der Waals surface area contributed by atoms with Gasteiger partial charge in [0.2, 0.25) is 0 Å². The van der Waals surface area contributed by atoms with Gasteiger partial charge in [0.05, 0.1) is 5.69 Å². The number of ether oxygens (including phenoxy) is 1. The summed E-state index contributed by atoms with van der Waals surface area (Å²) in [5, 5.41) is 6.06. The third-order valence-corrected chi connectivity index (χ3v) is 4.91. The molecular formula is C21H16F4N6O. The molecule has 5 rings (SSSR count). The van der Waals surface area contributed by atoms with Crippen LogP contribution in [0.1, 0.15) is 24.5 Å². The minimum absolute atomic E-state index is 0.282. The molecule has 0 saturated heterocycles. The molecule has 32 heavy (non-hydrogen) atoms. The average Bonchev–Trinajstić information content (AvgIpc) is 3.54. The summed E-state index contributed by atoms with van der Waals surface area (Å²) >= 11 is 0. The third-order valence-electron chi connectivity index (χ3n) is 4.91. The molecule has 1 aliphatic rings. The lowest BCUT2D eigenvalue weighted by Crippen LogP contribution is -2.04. The first-order chi connectivity index (χ1) is 15.5. The van der Waals surface area contributed by atoms with Crippen molar-refractivity contribution in [2.45, 2.75) is 25.4 Å². The summed E-state index contributed by atoms with van der Waals surface area (Å²) in [6.45, 7) is -3.12. The number of hydrogen-bond acceptors (Lipinski definition) is 6. The molecule has 1 aromatic carbocycles. The Morgan fingerprint density at radius 3 is 2.50 bits per heavy atom. The molecular weight excluding hydrogens is 428 g/mol. The van der Waals surface area contributed by atoms with Crippen molar-refractivity contribution in [1.82, 2.24) is 19.4 Å². The first-order valence-corrected chi connectivity index (χ1v) is 9.74. The molecule has 3 aromatic heterocycles. The second-order valence-corrected chi connectivity index (χ2v) is 7.26. The van der Waals surface area contributed by atoms with Gasteiger partial charge in [-0.25, -0.2) is 23.7 Å². The highest BCUT2D eigenvalue weighted by atomic mass is 19.3. The number of nitrogens with one attached hydrogen (secondary N) is 2. The monoisotopic (exact) mass is 444 g/mol. The maximum atomic E-state index is 14.0. The summed E-state index contributed by atoms with van der Waals surface area (Å²) in [7, 11) is 0. The highest BCUT2D eigenvalue weighted by Gasteiger charge is 2.30. The summed E-state index contributed by atoms with van der Waals surface area (Å²) in [4.78, 5) is 12.9. The van der Waals surface area contributed by atoms with Crippen molar-refractivity contribution in [3.05, 3.63) is 66.3 Å². The van der Waals surface area contributed by atoms with Crippen molar-refractivity contribution in [2.24, 2.45) is 0 Å². The number of anilines is 4. The Kier molecular flexibility index (Phi) is 5.00. The van der Waals surface area contributed by atoms with E-state index in [9.17, 15) is 17.6 Å². The molecule has 164 valence electrons. The molecule has 0 unspecified atom stereocenters. The molecule has 1 aliphatic carbocycles. The van der Waals surface area contributed by atoms with Crippen LogP contribution in [0.4, 0.5) is 40.7 Å². The molecule has 11 heteroatoms. The van der Waals surface area contributed by atoms with Gasteiger partial charge in [-0.1, -0.05) is 0 Å². The average molecular weight is 444 g/mol. The lowest BCUT2D eigenvalue weighted by Gasteiger charge is -2.11. The van der Waals surface area contributed by atoms with Gasteiger partial charge in [0.15, 0.2) is 11.6 Å². The molecule has 0 aliphatic heterocycles. The maximum absolute atomic E-state index is 14.0. The zero-order chi connectivity index (χ0) is 22.2. The third kappa shape index (κ3) is 4.13. The van der Waals surface area contributed by atoms with Crippen molar-refractivity contribution < 1.29 is 22.3 Å². The molecule has 7 nitrogen and oxygen atoms in total.